The Balaban J connectivity index is 1.52. The maximum atomic E-state index is 14.4. The van der Waals surface area contributed by atoms with Crippen LogP contribution in [0.2, 0.25) is 0 Å². The average molecular weight is 760 g/mol. The van der Waals surface area contributed by atoms with Crippen LogP contribution in [-0.4, -0.2) is 79.4 Å². The third-order valence-corrected chi connectivity index (χ3v) is 9.11. The molecule has 0 aliphatic rings. The molecular formula is C41H41N7O8. The molecule has 15 nitrogen and oxygen atoms in total. The molecule has 6 N–H and O–H groups in total. The van der Waals surface area contributed by atoms with E-state index in [1.54, 1.807) is 30.3 Å². The minimum Gasteiger partial charge on any atom is -0.480 e. The Morgan fingerprint density at radius 2 is 1.18 bits per heavy atom. The minimum atomic E-state index is -1.63. The van der Waals surface area contributed by atoms with Gasteiger partial charge < -0.3 is 31.5 Å². The Morgan fingerprint density at radius 3 is 1.66 bits per heavy atom. The lowest BCUT2D eigenvalue weighted by atomic mass is 9.77. The van der Waals surface area contributed by atoms with E-state index in [4.69, 9.17) is 0 Å². The first-order valence-corrected chi connectivity index (χ1v) is 17.6. The first kappa shape index (κ1) is 40.0. The van der Waals surface area contributed by atoms with Gasteiger partial charge in [-0.05, 0) is 36.1 Å². The molecule has 0 bridgehead atoms. The van der Waals surface area contributed by atoms with Crippen LogP contribution in [-0.2, 0) is 41.5 Å². The minimum absolute atomic E-state index is 0.0530. The summed E-state index contributed by atoms with van der Waals surface area (Å²) in [4.78, 5) is 78.6. The smallest absolute Gasteiger partial charge is 0.331 e. The Morgan fingerprint density at radius 1 is 0.679 bits per heavy atom. The number of hydrogen-bond donors (Lipinski definition) is 6. The molecule has 56 heavy (non-hydrogen) atoms. The molecule has 0 fully saturated rings. The van der Waals surface area contributed by atoms with Crippen molar-refractivity contribution in [2.24, 2.45) is 0 Å². The fraction of sp³-hybridized carbons (Fsp3) is 0.220. The Hall–Kier alpha value is -7.16. The van der Waals surface area contributed by atoms with Crippen LogP contribution < -0.4 is 21.3 Å². The van der Waals surface area contributed by atoms with Gasteiger partial charge in [-0.25, -0.2) is 9.48 Å². The topological polar surface area (TPSA) is 222 Å². The van der Waals surface area contributed by atoms with Crippen molar-refractivity contribution >= 4 is 35.6 Å². The maximum Gasteiger partial charge on any atom is 0.331 e. The van der Waals surface area contributed by atoms with E-state index in [1.165, 1.54) is 13.8 Å². The van der Waals surface area contributed by atoms with Gasteiger partial charge in [0, 0.05) is 6.42 Å². The molecule has 5 rings (SSSR count). The van der Waals surface area contributed by atoms with Crippen LogP contribution in [0.3, 0.4) is 0 Å². The molecule has 2 atom stereocenters. The van der Waals surface area contributed by atoms with Gasteiger partial charge in [0.2, 0.25) is 17.7 Å². The van der Waals surface area contributed by atoms with Crippen LogP contribution >= 0.6 is 0 Å². The lowest BCUT2D eigenvalue weighted by Crippen LogP contribution is -2.56. The quantitative estimate of drug-likeness (QED) is 0.0761. The van der Waals surface area contributed by atoms with Gasteiger partial charge in [-0.3, -0.25) is 24.0 Å². The molecule has 1 heterocycles. The van der Waals surface area contributed by atoms with Gasteiger partial charge in [-0.15, -0.1) is 5.10 Å². The summed E-state index contributed by atoms with van der Waals surface area (Å²) < 4.78 is 0.975. The van der Waals surface area contributed by atoms with Crippen molar-refractivity contribution in [1.29, 1.82) is 0 Å². The average Bonchev–Trinajstić information content (AvgIpc) is 3.72. The van der Waals surface area contributed by atoms with Crippen molar-refractivity contribution in [1.82, 2.24) is 36.3 Å². The number of carbonyl (C=O) groups is 6. The third kappa shape index (κ3) is 9.49. The highest BCUT2D eigenvalue weighted by Crippen LogP contribution is 2.37. The van der Waals surface area contributed by atoms with Gasteiger partial charge in [-0.1, -0.05) is 127 Å². The number of rotatable bonds is 17. The fourth-order valence-corrected chi connectivity index (χ4v) is 6.02. The molecular weight excluding hydrogens is 718 g/mol. The molecule has 5 aromatic rings. The summed E-state index contributed by atoms with van der Waals surface area (Å²) in [7, 11) is 0. The Labute approximate surface area is 322 Å². The molecule has 0 aliphatic carbocycles. The van der Waals surface area contributed by atoms with Gasteiger partial charge in [0.1, 0.15) is 24.2 Å². The summed E-state index contributed by atoms with van der Waals surface area (Å²) in [5.74, 6) is -5.93. The van der Waals surface area contributed by atoms with Gasteiger partial charge >= 0.3 is 11.9 Å². The lowest BCUT2D eigenvalue weighted by molar-refractivity contribution is -0.146. The van der Waals surface area contributed by atoms with Crippen molar-refractivity contribution < 1.29 is 39.0 Å². The first-order chi connectivity index (χ1) is 26.8. The zero-order chi connectivity index (χ0) is 40.3. The van der Waals surface area contributed by atoms with Gasteiger partial charge in [-0.2, -0.15) is 0 Å². The predicted octanol–water partition coefficient (Wildman–Crippen LogP) is 2.62. The van der Waals surface area contributed by atoms with Crippen molar-refractivity contribution in [3.05, 3.63) is 155 Å². The van der Waals surface area contributed by atoms with Crippen LogP contribution in [0.5, 0.6) is 0 Å². The molecule has 288 valence electrons. The third-order valence-electron chi connectivity index (χ3n) is 9.11. The largest absolute Gasteiger partial charge is 0.480 e. The molecule has 0 unspecified atom stereocenters. The second-order valence-corrected chi connectivity index (χ2v) is 13.4. The summed E-state index contributed by atoms with van der Waals surface area (Å²) in [5, 5.41) is 37.0. The van der Waals surface area contributed by atoms with Crippen LogP contribution in [0.15, 0.2) is 128 Å². The summed E-state index contributed by atoms with van der Waals surface area (Å²) in [6, 6.07) is 33.4. The highest BCUT2D eigenvalue weighted by molar-refractivity contribution is 5.99. The number of nitrogens with zero attached hydrogens (tertiary/aromatic N) is 3. The number of aliphatic carboxylic acids is 2. The second-order valence-electron chi connectivity index (χ2n) is 13.4. The number of carbonyl (C=O) groups excluding carboxylic acids is 4. The number of nitrogens with one attached hydrogen (secondary N) is 4. The number of hydrogen-bond acceptors (Lipinski definition) is 8. The number of benzene rings is 4. The van der Waals surface area contributed by atoms with E-state index in [1.807, 2.05) is 91.0 Å². The van der Waals surface area contributed by atoms with Gasteiger partial charge in [0.15, 0.2) is 11.2 Å². The molecule has 0 spiro atoms. The molecule has 0 radical (unpaired) electrons. The molecule has 0 aliphatic heterocycles. The van der Waals surface area contributed by atoms with E-state index >= 15 is 0 Å². The monoisotopic (exact) mass is 759 g/mol. The van der Waals surface area contributed by atoms with Crippen LogP contribution in [0, 0.1) is 0 Å². The van der Waals surface area contributed by atoms with E-state index < -0.39 is 71.7 Å². The van der Waals surface area contributed by atoms with E-state index in [0.717, 1.165) is 10.9 Å². The zero-order valence-corrected chi connectivity index (χ0v) is 30.6. The molecule has 4 aromatic carbocycles. The fourth-order valence-electron chi connectivity index (χ4n) is 6.02. The summed E-state index contributed by atoms with van der Waals surface area (Å²) in [5.41, 5.74) is -0.457. The maximum absolute atomic E-state index is 14.4. The van der Waals surface area contributed by atoms with Crippen molar-refractivity contribution in [3.8, 4) is 0 Å². The van der Waals surface area contributed by atoms with Crippen molar-refractivity contribution in [2.45, 2.75) is 49.9 Å². The van der Waals surface area contributed by atoms with Crippen LogP contribution in [0.4, 0.5) is 0 Å². The molecule has 0 saturated carbocycles. The van der Waals surface area contributed by atoms with Crippen molar-refractivity contribution in [3.63, 3.8) is 0 Å². The molecule has 4 amide bonds. The Bertz CT molecular complexity index is 2060. The molecule has 0 saturated heterocycles. The zero-order valence-electron chi connectivity index (χ0n) is 30.6. The van der Waals surface area contributed by atoms with Crippen LogP contribution in [0.25, 0.3) is 0 Å². The Kier molecular flexibility index (Phi) is 12.7. The number of amides is 4. The van der Waals surface area contributed by atoms with E-state index in [0.29, 0.717) is 22.3 Å². The lowest BCUT2D eigenvalue weighted by Gasteiger charge is -2.37. The highest BCUT2D eigenvalue weighted by atomic mass is 16.4. The summed E-state index contributed by atoms with van der Waals surface area (Å²) >= 11 is 0. The molecule has 15 heteroatoms. The standard InChI is InChI=1S/C41H41N7O8/c1-40(2,39(55)56)48-26-33(46-47-48)38(54)44-32(37(53)43-31(36(52)42-25-35(50)51)23-27-15-7-3-8-16-27)24-34(49)45-41(28-17-9-4-10-18-28,29-19-11-5-12-20-29)30-21-13-6-14-22-30/h3-22,26,31-32H,23-25H2,1-2H3,(H,42,52)(H,43,53)(H,44,54)(H,45,49)(H,50,51)(H,55,56)/t31-,32-/m0/s1. The number of aromatic nitrogens is 3. The predicted molar refractivity (Wildman–Crippen MR) is 203 cm³/mol. The van der Waals surface area contributed by atoms with Gasteiger partial charge in [0.05, 0.1) is 12.6 Å². The van der Waals surface area contributed by atoms with Crippen LogP contribution in [0.1, 0.15) is 53.0 Å². The summed E-state index contributed by atoms with van der Waals surface area (Å²) in [6.45, 7) is 1.99. The van der Waals surface area contributed by atoms with E-state index in [9.17, 15) is 39.0 Å². The molecule has 1 aromatic heterocycles. The normalized spacial score (nSPS) is 12.4. The van der Waals surface area contributed by atoms with E-state index in [-0.39, 0.29) is 12.1 Å². The van der Waals surface area contributed by atoms with Gasteiger partial charge in [0.25, 0.3) is 5.91 Å². The van der Waals surface area contributed by atoms with Crippen molar-refractivity contribution in [2.75, 3.05) is 6.54 Å². The van der Waals surface area contributed by atoms with E-state index in [2.05, 4.69) is 31.6 Å². The summed E-state index contributed by atoms with van der Waals surface area (Å²) in [6.07, 6.45) is 0.402. The SMILES string of the molecule is CC(C)(C(=O)O)n1cc(C(=O)N[C@@H](CC(=O)NC(c2ccccc2)(c2ccccc2)c2ccccc2)C(=O)N[C@@H](Cc2ccccc2)C(=O)NCC(=O)O)nn1. The first-order valence-electron chi connectivity index (χ1n) is 17.6. The second kappa shape index (κ2) is 17.8. The highest BCUT2D eigenvalue weighted by Gasteiger charge is 2.39. The number of carboxylic acid groups (broad SMARTS) is 2. The number of carboxylic acids is 2.